The van der Waals surface area contributed by atoms with E-state index in [9.17, 15) is 38.4 Å². The lowest BCUT2D eigenvalue weighted by Gasteiger charge is -2.30. The van der Waals surface area contributed by atoms with Gasteiger partial charge in [0.15, 0.2) is 0 Å². The van der Waals surface area contributed by atoms with Gasteiger partial charge in [0.1, 0.15) is 11.5 Å². The highest BCUT2D eigenvalue weighted by Gasteiger charge is 2.36. The number of methoxy groups -OCH3 is 2. The van der Waals surface area contributed by atoms with Gasteiger partial charge in [0.2, 0.25) is 0 Å². The fourth-order valence-corrected chi connectivity index (χ4v) is 12.7. The van der Waals surface area contributed by atoms with Crippen LogP contribution in [-0.2, 0) is 41.0 Å². The number of hydrogen-bond donors (Lipinski definition) is 3. The molecule has 0 aliphatic carbocycles. The maximum Gasteiger partial charge on any atom is 0.416 e. The van der Waals surface area contributed by atoms with E-state index in [4.69, 9.17) is 14.2 Å². The summed E-state index contributed by atoms with van der Waals surface area (Å²) in [5.41, 5.74) is 4.47. The highest BCUT2D eigenvalue weighted by molar-refractivity contribution is 7.93. The molecule has 16 nitrogen and oxygen atoms in total. The standard InChI is InChI=1S/C19H19N3O3S.C17H11F3N2O3S.C16H12N2O3S/c23-26(24,15-5-2-1-3-6-15)21-17-8-9-18(22-11-13-25-14-12-22)16-7-4-10-20-19(16)17;1-25-13-8-12-11-7-9(17(18,19)20)4-5-14(11)26(23,24)22-16(12)15-10(13)3-2-6-21-15;1-21-13-8-9-17-15-12(13)7-6-11-10-4-2-3-5-14(10)22(19,20)18-16(11)15/h1-10,21H,11-14H2;2-8,22H,1H3;2-9,18H,1H3. The summed E-state index contributed by atoms with van der Waals surface area (Å²) in [6.45, 7) is 2.98. The number of ether oxygens (including phenoxy) is 3. The van der Waals surface area contributed by atoms with Crippen molar-refractivity contribution in [2.24, 2.45) is 0 Å². The first kappa shape index (κ1) is 49.5. The predicted molar refractivity (Wildman–Crippen MR) is 276 cm³/mol. The van der Waals surface area contributed by atoms with E-state index in [1.54, 1.807) is 92.3 Å². The highest BCUT2D eigenvalue weighted by Crippen LogP contribution is 2.48. The second-order valence-corrected chi connectivity index (χ2v) is 21.7. The summed E-state index contributed by atoms with van der Waals surface area (Å²) in [7, 11) is -8.29. The van der Waals surface area contributed by atoms with E-state index in [2.05, 4.69) is 34.0 Å². The van der Waals surface area contributed by atoms with Gasteiger partial charge in [-0.25, -0.2) is 25.3 Å². The Morgan fingerprint density at radius 3 is 1.89 bits per heavy atom. The zero-order valence-corrected chi connectivity index (χ0v) is 41.5. The van der Waals surface area contributed by atoms with Gasteiger partial charge in [0.25, 0.3) is 30.1 Å². The number of nitrogens with zero attached hydrogens (tertiary/aromatic N) is 4. The van der Waals surface area contributed by atoms with E-state index >= 15 is 0 Å². The zero-order chi connectivity index (χ0) is 52.0. The number of anilines is 4. The van der Waals surface area contributed by atoms with Crippen molar-refractivity contribution in [3.05, 3.63) is 158 Å². The van der Waals surface area contributed by atoms with Gasteiger partial charge >= 0.3 is 6.18 Å². The third-order valence-electron chi connectivity index (χ3n) is 12.4. The van der Waals surface area contributed by atoms with Gasteiger partial charge in [-0.1, -0.05) is 42.5 Å². The lowest BCUT2D eigenvalue weighted by atomic mass is 9.98. The van der Waals surface area contributed by atoms with Crippen LogP contribution in [0.3, 0.4) is 0 Å². The average molecular weight is 1060 g/mol. The van der Waals surface area contributed by atoms with E-state index in [1.165, 1.54) is 19.4 Å². The topological polar surface area (TPSA) is 208 Å². The van der Waals surface area contributed by atoms with Crippen LogP contribution in [0.15, 0.2) is 167 Å². The smallest absolute Gasteiger partial charge is 0.416 e. The number of halogens is 3. The van der Waals surface area contributed by atoms with Gasteiger partial charge < -0.3 is 19.1 Å². The molecule has 6 heterocycles. The van der Waals surface area contributed by atoms with Gasteiger partial charge in [0.05, 0.1) is 81.3 Å². The van der Waals surface area contributed by atoms with Gasteiger partial charge in [-0.3, -0.25) is 29.1 Å². The molecule has 12 rings (SSSR count). The van der Waals surface area contributed by atoms with Gasteiger partial charge in [-0.2, -0.15) is 13.2 Å². The Labute approximate surface area is 422 Å². The van der Waals surface area contributed by atoms with Crippen LogP contribution in [0.1, 0.15) is 5.56 Å². The molecule has 3 N–H and O–H groups in total. The number of sulfonamides is 3. The summed E-state index contributed by atoms with van der Waals surface area (Å²) in [5, 5.41) is 2.24. The van der Waals surface area contributed by atoms with Crippen molar-refractivity contribution < 1.29 is 52.6 Å². The Hall–Kier alpha value is -8.05. The molecule has 3 aliphatic heterocycles. The molecule has 0 unspecified atom stereocenters. The highest BCUT2D eigenvalue weighted by atomic mass is 32.2. The largest absolute Gasteiger partial charge is 0.496 e. The van der Waals surface area contributed by atoms with Crippen LogP contribution in [0.4, 0.5) is 35.9 Å². The normalized spacial score (nSPS) is 15.0. The average Bonchev–Trinajstić information content (AvgIpc) is 3.42. The van der Waals surface area contributed by atoms with Crippen LogP contribution in [0.2, 0.25) is 0 Å². The molecule has 0 amide bonds. The molecule has 0 radical (unpaired) electrons. The fourth-order valence-electron chi connectivity index (χ4n) is 8.97. The Morgan fingerprint density at radius 1 is 0.595 bits per heavy atom. The van der Waals surface area contributed by atoms with Crippen molar-refractivity contribution in [1.29, 1.82) is 0 Å². The van der Waals surface area contributed by atoms with Gasteiger partial charge in [0, 0.05) is 75.8 Å². The summed E-state index contributed by atoms with van der Waals surface area (Å²) < 4.78 is 139. The number of rotatable bonds is 6. The monoisotopic (exact) mass is 1060 g/mol. The SMILES string of the molecule is COc1cc2c(c3ncccc13)NS(=O)(=O)c1ccc(C(F)(F)F)cc1-2.COc1ccnc2c3c(ccc12)-c1ccccc1S(=O)(=O)N3.O=S(=O)(Nc1ccc(N2CCOCC2)c2cccnc12)c1ccccc1. The minimum absolute atomic E-state index is 0.0422. The molecule has 1 saturated heterocycles. The molecular weight excluding hydrogens is 1020 g/mol. The Bertz CT molecular complexity index is 4020. The first-order valence-corrected chi connectivity index (χ1v) is 27.0. The Morgan fingerprint density at radius 2 is 1.20 bits per heavy atom. The summed E-state index contributed by atoms with van der Waals surface area (Å²) in [5.74, 6) is 1.04. The second kappa shape index (κ2) is 19.4. The van der Waals surface area contributed by atoms with Crippen LogP contribution < -0.4 is 28.5 Å². The van der Waals surface area contributed by atoms with Crippen molar-refractivity contribution in [3.8, 4) is 33.8 Å². The molecule has 0 bridgehead atoms. The second-order valence-electron chi connectivity index (χ2n) is 16.8. The van der Waals surface area contributed by atoms with Crippen LogP contribution in [0.5, 0.6) is 11.5 Å². The van der Waals surface area contributed by atoms with E-state index in [1.807, 2.05) is 36.4 Å². The number of benzene rings is 6. The van der Waals surface area contributed by atoms with Crippen LogP contribution >= 0.6 is 0 Å². The van der Waals surface area contributed by atoms with Crippen LogP contribution in [0, 0.1) is 0 Å². The third-order valence-corrected chi connectivity index (χ3v) is 16.6. The molecule has 1 fully saturated rings. The van der Waals surface area contributed by atoms with Crippen LogP contribution in [-0.4, -0.2) is 80.7 Å². The summed E-state index contributed by atoms with van der Waals surface area (Å²) in [6.07, 6.45) is 0.156. The predicted octanol–water partition coefficient (Wildman–Crippen LogP) is 9.94. The Kier molecular flexibility index (Phi) is 13.0. The molecule has 74 heavy (non-hydrogen) atoms. The van der Waals surface area contributed by atoms with Crippen molar-refractivity contribution in [1.82, 2.24) is 15.0 Å². The molecule has 3 aliphatic rings. The number of fused-ring (bicyclic) bond motifs is 11. The number of morpholine rings is 1. The minimum Gasteiger partial charge on any atom is -0.496 e. The molecule has 22 heteroatoms. The third kappa shape index (κ3) is 9.31. The Balaban J connectivity index is 0.000000127. The van der Waals surface area contributed by atoms with E-state index in [-0.39, 0.29) is 31.5 Å². The molecule has 3 aromatic heterocycles. The molecule has 378 valence electrons. The van der Waals surface area contributed by atoms with Crippen LogP contribution in [0.25, 0.3) is 55.0 Å². The number of aromatic nitrogens is 3. The summed E-state index contributed by atoms with van der Waals surface area (Å²) >= 11 is 0. The minimum atomic E-state index is -4.59. The molecule has 0 saturated carbocycles. The van der Waals surface area contributed by atoms with Gasteiger partial charge in [-0.05, 0) is 91.0 Å². The molecule has 0 spiro atoms. The summed E-state index contributed by atoms with van der Waals surface area (Å²) in [6, 6.07) is 35.8. The maximum absolute atomic E-state index is 13.1. The van der Waals surface area contributed by atoms with Gasteiger partial charge in [-0.15, -0.1) is 0 Å². The first-order chi connectivity index (χ1) is 35.5. The quantitative estimate of drug-likeness (QED) is 0.142. The molecule has 9 aromatic rings. The van der Waals surface area contributed by atoms with Crippen molar-refractivity contribution in [3.63, 3.8) is 0 Å². The lowest BCUT2D eigenvalue weighted by molar-refractivity contribution is -0.137. The number of pyridine rings is 3. The van der Waals surface area contributed by atoms with Crippen molar-refractivity contribution in [2.75, 3.05) is 59.6 Å². The van der Waals surface area contributed by atoms with Crippen molar-refractivity contribution in [2.45, 2.75) is 20.9 Å². The fraction of sp³-hybridized carbons (Fsp3) is 0.135. The maximum atomic E-state index is 13.1. The molecule has 0 atom stereocenters. The van der Waals surface area contributed by atoms with Crippen molar-refractivity contribution >= 4 is 85.5 Å². The lowest BCUT2D eigenvalue weighted by Crippen LogP contribution is -2.36. The van der Waals surface area contributed by atoms with E-state index in [0.29, 0.717) is 63.6 Å². The number of hydrogen-bond acceptors (Lipinski definition) is 13. The summed E-state index contributed by atoms with van der Waals surface area (Å²) in [4.78, 5) is 15.5. The van der Waals surface area contributed by atoms with E-state index < -0.39 is 41.8 Å². The number of alkyl halides is 3. The first-order valence-electron chi connectivity index (χ1n) is 22.6. The zero-order valence-electron chi connectivity index (χ0n) is 39.1. The van der Waals surface area contributed by atoms with E-state index in [0.717, 1.165) is 53.3 Å². The number of nitrogens with one attached hydrogen (secondary N) is 3. The molecule has 6 aromatic carbocycles. The molecular formula is C52H42F3N7O9S3.